The molecule has 118 valence electrons. The number of aromatic nitrogens is 1. The van der Waals surface area contributed by atoms with Gasteiger partial charge < -0.3 is 10.2 Å². The normalized spacial score (nSPS) is 19.5. The highest BCUT2D eigenvalue weighted by Gasteiger charge is 2.31. The number of nitrogens with zero attached hydrogens (tertiary/aromatic N) is 2. The Morgan fingerprint density at radius 1 is 1.19 bits per heavy atom. The van der Waals surface area contributed by atoms with E-state index in [1.807, 2.05) is 6.20 Å². The Bertz CT molecular complexity index is 413. The molecule has 0 radical (unpaired) electrons. The average Bonchev–Trinajstić information content (AvgIpc) is 2.55. The zero-order valence-electron chi connectivity index (χ0n) is 14.2. The van der Waals surface area contributed by atoms with Gasteiger partial charge in [-0.25, -0.2) is 0 Å². The first-order chi connectivity index (χ1) is 10.1. The van der Waals surface area contributed by atoms with Gasteiger partial charge in [-0.2, -0.15) is 0 Å². The molecule has 1 aliphatic rings. The van der Waals surface area contributed by atoms with E-state index in [1.165, 1.54) is 44.5 Å². The number of nitrogens with one attached hydrogen (secondary N) is 1. The van der Waals surface area contributed by atoms with Crippen LogP contribution in [0.5, 0.6) is 0 Å². The molecule has 0 aliphatic carbocycles. The largest absolute Gasteiger partial charge is 0.370 e. The lowest BCUT2D eigenvalue weighted by molar-refractivity contribution is 0.199. The van der Waals surface area contributed by atoms with Gasteiger partial charge in [0.25, 0.3) is 0 Å². The van der Waals surface area contributed by atoms with E-state index in [1.54, 1.807) is 0 Å². The molecule has 0 spiro atoms. The molecule has 1 unspecified atom stereocenters. The van der Waals surface area contributed by atoms with E-state index in [9.17, 15) is 0 Å². The Morgan fingerprint density at radius 2 is 1.86 bits per heavy atom. The summed E-state index contributed by atoms with van der Waals surface area (Å²) in [6.45, 7) is 12.3. The molecule has 2 rings (SSSR count). The molecule has 21 heavy (non-hydrogen) atoms. The summed E-state index contributed by atoms with van der Waals surface area (Å²) in [5, 5.41) is 3.41. The fourth-order valence-electron chi connectivity index (χ4n) is 3.45. The van der Waals surface area contributed by atoms with E-state index in [-0.39, 0.29) is 0 Å². The van der Waals surface area contributed by atoms with E-state index >= 15 is 0 Å². The molecule has 0 aromatic carbocycles. The summed E-state index contributed by atoms with van der Waals surface area (Å²) in [5.74, 6) is 0. The summed E-state index contributed by atoms with van der Waals surface area (Å²) in [7, 11) is 0. The van der Waals surface area contributed by atoms with E-state index < -0.39 is 0 Å². The number of pyridine rings is 1. The number of rotatable bonds is 6. The smallest absolute Gasteiger partial charge is 0.0572 e. The molecule has 0 bridgehead atoms. The quantitative estimate of drug-likeness (QED) is 0.852. The summed E-state index contributed by atoms with van der Waals surface area (Å²) in [5.41, 5.74) is 3.00. The average molecular weight is 289 g/mol. The maximum atomic E-state index is 4.64. The SMILES string of the molecule is CCNC(C)c1ccc(N2CCC(CC)(CC)CC2)cn1. The second-order valence-electron chi connectivity index (χ2n) is 6.41. The van der Waals surface area contributed by atoms with Crippen LogP contribution in [0.3, 0.4) is 0 Å². The van der Waals surface area contributed by atoms with Crippen molar-refractivity contribution in [1.29, 1.82) is 0 Å². The van der Waals surface area contributed by atoms with Crippen molar-refractivity contribution >= 4 is 5.69 Å². The number of hydrogen-bond donors (Lipinski definition) is 1. The van der Waals surface area contributed by atoms with Crippen molar-refractivity contribution in [2.75, 3.05) is 24.5 Å². The lowest BCUT2D eigenvalue weighted by Gasteiger charge is -2.42. The van der Waals surface area contributed by atoms with Crippen molar-refractivity contribution in [3.05, 3.63) is 24.0 Å². The van der Waals surface area contributed by atoms with Crippen LogP contribution in [0.25, 0.3) is 0 Å². The molecule has 1 N–H and O–H groups in total. The second kappa shape index (κ2) is 7.26. The zero-order valence-corrected chi connectivity index (χ0v) is 14.2. The molecule has 1 atom stereocenters. The van der Waals surface area contributed by atoms with Gasteiger partial charge in [-0.1, -0.05) is 33.6 Å². The topological polar surface area (TPSA) is 28.2 Å². The molecule has 1 aromatic heterocycles. The van der Waals surface area contributed by atoms with Crippen LogP contribution in [-0.2, 0) is 0 Å². The standard InChI is InChI=1S/C18H31N3/c1-5-18(6-2)10-12-21(13-11-18)16-8-9-17(20-14-16)15(4)19-7-3/h8-9,14-15,19H,5-7,10-13H2,1-4H3. The van der Waals surface area contributed by atoms with Crippen LogP contribution in [0.2, 0.25) is 0 Å². The third-order valence-corrected chi connectivity index (χ3v) is 5.41. The third kappa shape index (κ3) is 3.76. The second-order valence-corrected chi connectivity index (χ2v) is 6.41. The highest BCUT2D eigenvalue weighted by molar-refractivity contribution is 5.45. The minimum absolute atomic E-state index is 0.332. The van der Waals surface area contributed by atoms with Crippen molar-refractivity contribution in [1.82, 2.24) is 10.3 Å². The molecule has 1 aromatic rings. The Kier molecular flexibility index (Phi) is 5.63. The van der Waals surface area contributed by atoms with Gasteiger partial charge >= 0.3 is 0 Å². The molecule has 2 heterocycles. The van der Waals surface area contributed by atoms with Gasteiger partial charge in [-0.3, -0.25) is 4.98 Å². The van der Waals surface area contributed by atoms with Crippen molar-refractivity contribution in [3.63, 3.8) is 0 Å². The van der Waals surface area contributed by atoms with Crippen LogP contribution in [-0.4, -0.2) is 24.6 Å². The predicted molar refractivity (Wildman–Crippen MR) is 90.8 cm³/mol. The van der Waals surface area contributed by atoms with E-state index in [0.29, 0.717) is 11.5 Å². The highest BCUT2D eigenvalue weighted by atomic mass is 15.1. The maximum Gasteiger partial charge on any atom is 0.0572 e. The lowest BCUT2D eigenvalue weighted by atomic mass is 9.74. The maximum absolute atomic E-state index is 4.64. The van der Waals surface area contributed by atoms with Gasteiger partial charge in [-0.05, 0) is 43.9 Å². The molecule has 1 aliphatic heterocycles. The summed E-state index contributed by atoms with van der Waals surface area (Å²) in [6, 6.07) is 4.74. The zero-order chi connectivity index (χ0) is 15.3. The van der Waals surface area contributed by atoms with E-state index in [4.69, 9.17) is 0 Å². The molecule has 1 fully saturated rings. The van der Waals surface area contributed by atoms with E-state index in [0.717, 1.165) is 12.2 Å². The Labute approximate surface area is 130 Å². The van der Waals surface area contributed by atoms with E-state index in [2.05, 4.69) is 55.0 Å². The fourth-order valence-corrected chi connectivity index (χ4v) is 3.45. The Balaban J connectivity index is 1.98. The minimum atomic E-state index is 0.332. The molecule has 1 saturated heterocycles. The highest BCUT2D eigenvalue weighted by Crippen LogP contribution is 2.39. The molecule has 3 nitrogen and oxygen atoms in total. The molecular formula is C18H31N3. The summed E-state index contributed by atoms with van der Waals surface area (Å²) < 4.78 is 0. The van der Waals surface area contributed by atoms with Crippen LogP contribution in [0.1, 0.15) is 65.1 Å². The molecule has 3 heteroatoms. The summed E-state index contributed by atoms with van der Waals surface area (Å²) in [6.07, 6.45) is 7.31. The fraction of sp³-hybridized carbons (Fsp3) is 0.722. The first-order valence-electron chi connectivity index (χ1n) is 8.58. The van der Waals surface area contributed by atoms with Crippen molar-refractivity contribution in [3.8, 4) is 0 Å². The first kappa shape index (κ1) is 16.3. The monoisotopic (exact) mass is 289 g/mol. The number of hydrogen-bond acceptors (Lipinski definition) is 3. The van der Waals surface area contributed by atoms with Crippen LogP contribution >= 0.6 is 0 Å². The summed E-state index contributed by atoms with van der Waals surface area (Å²) >= 11 is 0. The van der Waals surface area contributed by atoms with Crippen molar-refractivity contribution < 1.29 is 0 Å². The van der Waals surface area contributed by atoms with Crippen LogP contribution < -0.4 is 10.2 Å². The Morgan fingerprint density at radius 3 is 2.33 bits per heavy atom. The third-order valence-electron chi connectivity index (χ3n) is 5.41. The molecule has 0 saturated carbocycles. The lowest BCUT2D eigenvalue weighted by Crippen LogP contribution is -2.39. The van der Waals surface area contributed by atoms with Crippen LogP contribution in [0.15, 0.2) is 18.3 Å². The molecule has 0 amide bonds. The summed E-state index contributed by atoms with van der Waals surface area (Å²) in [4.78, 5) is 7.14. The van der Waals surface area contributed by atoms with Crippen molar-refractivity contribution in [2.24, 2.45) is 5.41 Å². The van der Waals surface area contributed by atoms with Crippen LogP contribution in [0, 0.1) is 5.41 Å². The van der Waals surface area contributed by atoms with Crippen molar-refractivity contribution in [2.45, 2.75) is 59.4 Å². The van der Waals surface area contributed by atoms with Gasteiger partial charge in [0.2, 0.25) is 0 Å². The van der Waals surface area contributed by atoms with Gasteiger partial charge in [0.1, 0.15) is 0 Å². The first-order valence-corrected chi connectivity index (χ1v) is 8.58. The van der Waals surface area contributed by atoms with Gasteiger partial charge in [-0.15, -0.1) is 0 Å². The van der Waals surface area contributed by atoms with Crippen LogP contribution in [0.4, 0.5) is 5.69 Å². The van der Waals surface area contributed by atoms with Gasteiger partial charge in [0.05, 0.1) is 17.6 Å². The predicted octanol–water partition coefficient (Wildman–Crippen LogP) is 4.16. The van der Waals surface area contributed by atoms with Gasteiger partial charge in [0, 0.05) is 19.1 Å². The molecular weight excluding hydrogens is 258 g/mol. The minimum Gasteiger partial charge on any atom is -0.370 e. The Hall–Kier alpha value is -1.09. The number of piperidine rings is 1. The van der Waals surface area contributed by atoms with Gasteiger partial charge in [0.15, 0.2) is 0 Å². The number of anilines is 1.